The van der Waals surface area contributed by atoms with Gasteiger partial charge in [-0.25, -0.2) is 13.1 Å². The number of rotatable bonds is 20. The summed E-state index contributed by atoms with van der Waals surface area (Å²) in [6.07, 6.45) is 4.81. The molecule has 2 aromatic heterocycles. The molecular weight excluding hydrogens is 1010 g/mol. The fraction of sp³-hybridized carbons (Fsp3) is 0.444. The number of anilines is 2. The molecule has 3 aliphatic rings. The number of benzene rings is 4. The summed E-state index contributed by atoms with van der Waals surface area (Å²) >= 11 is 0. The number of carbonyl (C=O) groups excluding carboxylic acids is 1. The van der Waals surface area contributed by atoms with Crippen molar-refractivity contribution in [2.45, 2.75) is 96.9 Å². The predicted molar refractivity (Wildman–Crippen MR) is 315 cm³/mol. The molecule has 2 N–H and O–H groups in total. The lowest BCUT2D eigenvalue weighted by Gasteiger charge is -2.38. The van der Waals surface area contributed by atoms with E-state index in [9.17, 15) is 23.7 Å². The SMILES string of the molecule is CN1CCN(c2ccc3cc(-c4ccc(/C=C(\C#N)C(=O)NC(C)(C)CCOC(C)(C)CCN5CCN(c6ccc7cc(-c8ccc(/C=C(\C#N)S(=O)(=O)NC9(C)CC9COC(C)(C)C)o8)ccc7c6)CC5)o4)ccc3c2)CC1. The minimum absolute atomic E-state index is 0.0241. The van der Waals surface area contributed by atoms with E-state index in [-0.39, 0.29) is 28.5 Å². The number of fused-ring (bicyclic) bond motifs is 2. The van der Waals surface area contributed by atoms with Gasteiger partial charge in [-0.3, -0.25) is 9.69 Å². The second kappa shape index (κ2) is 23.1. The second-order valence-corrected chi connectivity index (χ2v) is 25.8. The standard InChI is InChI=1S/C63H76N8O7S/c1-60(2,3)76-43-51-40-63(51,8)67-79(73,74)56(42-65)39-55-19-21-58(78-55)49-13-11-47-37-53(17-15-45(47)35-49)71-31-27-69(28-32-71)24-22-62(6,7)75-33-23-61(4,5)66-59(72)50(41-64)38-54-18-20-57(77-54)48-12-10-46-36-52(16-14-44(46)34-48)70-29-25-68(9)26-30-70/h10-21,34-39,51,67H,22-33,40,43H2,1-9H3,(H,66,72)/b50-38+,56-39+. The lowest BCUT2D eigenvalue weighted by molar-refractivity contribution is -0.119. The molecule has 9 rings (SSSR count). The van der Waals surface area contributed by atoms with Gasteiger partial charge in [-0.1, -0.05) is 36.4 Å². The molecular formula is C63H76N8O7S. The van der Waals surface area contributed by atoms with Gasteiger partial charge in [-0.05, 0) is 164 Å². The van der Waals surface area contributed by atoms with Crippen LogP contribution in [0.3, 0.4) is 0 Å². The molecule has 1 saturated carbocycles. The van der Waals surface area contributed by atoms with Crippen LogP contribution in [-0.2, 0) is 24.3 Å². The summed E-state index contributed by atoms with van der Waals surface area (Å²) in [5.41, 5.74) is 2.11. The van der Waals surface area contributed by atoms with Gasteiger partial charge in [0.05, 0.1) is 17.8 Å². The summed E-state index contributed by atoms with van der Waals surface area (Å²) in [6, 6.07) is 36.5. The maximum atomic E-state index is 13.4. The molecule has 0 radical (unpaired) electrons. The highest BCUT2D eigenvalue weighted by atomic mass is 32.2. The number of hydrogen-bond acceptors (Lipinski definition) is 13. The van der Waals surface area contributed by atoms with Crippen molar-refractivity contribution < 1.29 is 31.5 Å². The fourth-order valence-corrected chi connectivity index (χ4v) is 11.6. The van der Waals surface area contributed by atoms with Crippen molar-refractivity contribution in [1.29, 1.82) is 10.5 Å². The van der Waals surface area contributed by atoms with Gasteiger partial charge in [-0.2, -0.15) is 10.5 Å². The number of hydrogen-bond donors (Lipinski definition) is 2. The van der Waals surface area contributed by atoms with Crippen molar-refractivity contribution >= 4 is 61.0 Å². The highest BCUT2D eigenvalue weighted by molar-refractivity contribution is 7.93. The molecule has 2 saturated heterocycles. The number of nitrogens with one attached hydrogen (secondary N) is 2. The van der Waals surface area contributed by atoms with Crippen molar-refractivity contribution in [3.63, 3.8) is 0 Å². The molecule has 1 aliphatic carbocycles. The van der Waals surface area contributed by atoms with Crippen molar-refractivity contribution in [1.82, 2.24) is 19.8 Å². The Labute approximate surface area is 466 Å². The van der Waals surface area contributed by atoms with E-state index in [1.807, 2.05) is 65.8 Å². The summed E-state index contributed by atoms with van der Waals surface area (Å²) in [7, 11) is -1.93. The van der Waals surface area contributed by atoms with Gasteiger partial charge in [-0.15, -0.1) is 0 Å². The number of sulfonamides is 1. The normalized spacial score (nSPS) is 19.2. The number of nitrogens with zero attached hydrogens (tertiary/aromatic N) is 6. The Morgan fingerprint density at radius 2 is 1.23 bits per heavy atom. The molecule has 0 spiro atoms. The van der Waals surface area contributed by atoms with E-state index in [2.05, 4.69) is 117 Å². The van der Waals surface area contributed by atoms with Crippen LogP contribution in [0, 0.1) is 28.6 Å². The molecule has 16 heteroatoms. The van der Waals surface area contributed by atoms with Gasteiger partial charge < -0.3 is 38.3 Å². The largest absolute Gasteiger partial charge is 0.457 e. The van der Waals surface area contributed by atoms with Crippen molar-refractivity contribution in [3.8, 4) is 34.8 Å². The molecule has 2 aliphatic heterocycles. The Bertz CT molecular complexity index is 3450. The number of furan rings is 2. The van der Waals surface area contributed by atoms with E-state index in [0.717, 1.165) is 104 Å². The molecule has 3 fully saturated rings. The molecule has 4 aromatic carbocycles. The van der Waals surface area contributed by atoms with Crippen molar-refractivity contribution in [3.05, 3.63) is 119 Å². The predicted octanol–water partition coefficient (Wildman–Crippen LogP) is 10.8. The monoisotopic (exact) mass is 1090 g/mol. The Hall–Kier alpha value is -6.76. The molecule has 416 valence electrons. The van der Waals surface area contributed by atoms with E-state index in [4.69, 9.17) is 18.3 Å². The van der Waals surface area contributed by atoms with Crippen LogP contribution >= 0.6 is 0 Å². The highest BCUT2D eigenvalue weighted by Crippen LogP contribution is 2.45. The molecule has 1 amide bonds. The van der Waals surface area contributed by atoms with E-state index in [1.54, 1.807) is 18.2 Å². The zero-order chi connectivity index (χ0) is 56.3. The number of carbonyl (C=O) groups is 1. The molecule has 4 heterocycles. The number of piperazine rings is 2. The summed E-state index contributed by atoms with van der Waals surface area (Å²) in [6.45, 7) is 25.4. The van der Waals surface area contributed by atoms with Gasteiger partial charge in [0.2, 0.25) is 0 Å². The zero-order valence-electron chi connectivity index (χ0n) is 47.3. The first kappa shape index (κ1) is 56.9. The van der Waals surface area contributed by atoms with E-state index in [1.165, 1.54) is 17.8 Å². The smallest absolute Gasteiger partial charge is 0.262 e. The topological polar surface area (TPSA) is 181 Å². The summed E-state index contributed by atoms with van der Waals surface area (Å²) in [5, 5.41) is 27.4. The summed E-state index contributed by atoms with van der Waals surface area (Å²) in [5.74, 6) is 1.49. The molecule has 6 aromatic rings. The average Bonchev–Trinajstić information content (AvgIpc) is 3.91. The first-order valence-corrected chi connectivity index (χ1v) is 29.0. The highest BCUT2D eigenvalue weighted by Gasteiger charge is 2.53. The fourth-order valence-electron chi connectivity index (χ4n) is 10.3. The van der Waals surface area contributed by atoms with Crippen molar-refractivity contribution in [2.75, 3.05) is 89.0 Å². The first-order chi connectivity index (χ1) is 37.5. The lowest BCUT2D eigenvalue weighted by Crippen LogP contribution is -2.48. The van der Waals surface area contributed by atoms with Crippen LogP contribution < -0.4 is 19.8 Å². The van der Waals surface area contributed by atoms with Crippen LogP contribution in [0.1, 0.15) is 86.2 Å². The quantitative estimate of drug-likeness (QED) is 0.0545. The van der Waals surface area contributed by atoms with Gasteiger partial charge in [0.1, 0.15) is 40.8 Å². The minimum Gasteiger partial charge on any atom is -0.457 e. The molecule has 15 nitrogen and oxygen atoms in total. The Kier molecular flexibility index (Phi) is 16.7. The summed E-state index contributed by atoms with van der Waals surface area (Å²) in [4.78, 5) is 22.7. The van der Waals surface area contributed by atoms with Crippen LogP contribution in [0.4, 0.5) is 11.4 Å². The molecule has 2 unspecified atom stereocenters. The number of ether oxygens (including phenoxy) is 2. The third-order valence-electron chi connectivity index (χ3n) is 15.6. The van der Waals surface area contributed by atoms with Gasteiger partial charge in [0.25, 0.3) is 15.9 Å². The van der Waals surface area contributed by atoms with Crippen LogP contribution in [-0.4, -0.2) is 126 Å². The maximum absolute atomic E-state index is 13.4. The van der Waals surface area contributed by atoms with Gasteiger partial charge >= 0.3 is 0 Å². The minimum atomic E-state index is -4.09. The van der Waals surface area contributed by atoms with Crippen LogP contribution in [0.2, 0.25) is 0 Å². The Balaban J connectivity index is 0.706. The third-order valence-corrected chi connectivity index (χ3v) is 17.1. The van der Waals surface area contributed by atoms with Gasteiger partial charge in [0.15, 0.2) is 4.91 Å². The van der Waals surface area contributed by atoms with E-state index in [0.29, 0.717) is 43.3 Å². The number of likely N-dealkylation sites (N-methyl/N-ethyl adjacent to an activating group) is 1. The van der Waals surface area contributed by atoms with Crippen LogP contribution in [0.5, 0.6) is 0 Å². The number of amides is 1. The van der Waals surface area contributed by atoms with Crippen LogP contribution in [0.25, 0.3) is 56.3 Å². The number of allylic oxidation sites excluding steroid dienone is 1. The molecule has 79 heavy (non-hydrogen) atoms. The third kappa shape index (κ3) is 14.5. The zero-order valence-corrected chi connectivity index (χ0v) is 48.1. The second-order valence-electron chi connectivity index (χ2n) is 24.1. The maximum Gasteiger partial charge on any atom is 0.262 e. The van der Waals surface area contributed by atoms with E-state index < -0.39 is 31.9 Å². The number of nitriles is 2. The van der Waals surface area contributed by atoms with E-state index >= 15 is 0 Å². The Morgan fingerprint density at radius 1 is 0.696 bits per heavy atom. The summed E-state index contributed by atoms with van der Waals surface area (Å²) < 4.78 is 53.8. The Morgan fingerprint density at radius 3 is 1.77 bits per heavy atom. The molecule has 0 bridgehead atoms. The van der Waals surface area contributed by atoms with Crippen LogP contribution in [0.15, 0.2) is 116 Å². The lowest BCUT2D eigenvalue weighted by atomic mass is 9.99. The average molecular weight is 1090 g/mol. The molecule has 2 atom stereocenters. The van der Waals surface area contributed by atoms with Crippen molar-refractivity contribution in [2.24, 2.45) is 5.92 Å². The first-order valence-electron chi connectivity index (χ1n) is 27.5. The van der Waals surface area contributed by atoms with Gasteiger partial charge in [0, 0.05) is 117 Å².